The average Bonchev–Trinajstić information content (AvgIpc) is 2.45. The van der Waals surface area contributed by atoms with Crippen LogP contribution in [0, 0.1) is 0 Å². The first kappa shape index (κ1) is 16.3. The molecule has 5 nitrogen and oxygen atoms in total. The second-order valence-corrected chi connectivity index (χ2v) is 7.83. The van der Waals surface area contributed by atoms with Gasteiger partial charge in [-0.15, -0.1) is 0 Å². The average molecular weight is 312 g/mol. The minimum Gasteiger partial charge on any atom is -0.496 e. The van der Waals surface area contributed by atoms with E-state index in [0.29, 0.717) is 6.54 Å². The van der Waals surface area contributed by atoms with Gasteiger partial charge in [0.2, 0.25) is 0 Å². The molecule has 0 bridgehead atoms. The molecule has 0 radical (unpaired) electrons. The fourth-order valence-electron chi connectivity index (χ4n) is 2.63. The van der Waals surface area contributed by atoms with E-state index in [-0.39, 0.29) is 17.5 Å². The van der Waals surface area contributed by atoms with E-state index >= 15 is 0 Å². The van der Waals surface area contributed by atoms with Gasteiger partial charge in [0.1, 0.15) is 5.75 Å². The van der Waals surface area contributed by atoms with Crippen molar-refractivity contribution in [2.75, 3.05) is 38.8 Å². The molecule has 6 heteroatoms. The van der Waals surface area contributed by atoms with Crippen LogP contribution in [0.1, 0.15) is 12.0 Å². The predicted molar refractivity (Wildman–Crippen MR) is 84.4 cm³/mol. The van der Waals surface area contributed by atoms with Crippen LogP contribution < -0.4 is 10.1 Å². The third-order valence-electron chi connectivity index (χ3n) is 3.79. The van der Waals surface area contributed by atoms with Gasteiger partial charge in [0.05, 0.1) is 18.6 Å². The Bertz CT molecular complexity index is 560. The SMILES string of the molecule is COc1ccccc1CN(C)CCC1CS(=O)(=O)CCN1. The van der Waals surface area contributed by atoms with Crippen LogP contribution in [-0.2, 0) is 16.4 Å². The molecule has 1 N–H and O–H groups in total. The van der Waals surface area contributed by atoms with E-state index in [1.807, 2.05) is 25.2 Å². The van der Waals surface area contributed by atoms with E-state index in [1.54, 1.807) is 7.11 Å². The minimum atomic E-state index is -2.85. The molecule has 21 heavy (non-hydrogen) atoms. The second kappa shape index (κ2) is 7.24. The first-order chi connectivity index (χ1) is 10.00. The van der Waals surface area contributed by atoms with Crippen LogP contribution in [0.25, 0.3) is 0 Å². The Morgan fingerprint density at radius 2 is 2.14 bits per heavy atom. The lowest BCUT2D eigenvalue weighted by atomic mass is 10.1. The van der Waals surface area contributed by atoms with Gasteiger partial charge in [-0.3, -0.25) is 0 Å². The second-order valence-electron chi connectivity index (χ2n) is 5.60. The van der Waals surface area contributed by atoms with Crippen molar-refractivity contribution in [1.29, 1.82) is 0 Å². The molecule has 118 valence electrons. The monoisotopic (exact) mass is 312 g/mol. The molecule has 0 aliphatic carbocycles. The number of hydrogen-bond acceptors (Lipinski definition) is 5. The molecule has 2 rings (SSSR count). The van der Waals surface area contributed by atoms with Crippen molar-refractivity contribution in [3.63, 3.8) is 0 Å². The fraction of sp³-hybridized carbons (Fsp3) is 0.600. The molecule has 1 aliphatic heterocycles. The fourth-order valence-corrected chi connectivity index (χ4v) is 4.13. The Morgan fingerprint density at radius 3 is 2.86 bits per heavy atom. The Balaban J connectivity index is 1.83. The number of para-hydroxylation sites is 1. The zero-order valence-corrected chi connectivity index (χ0v) is 13.5. The van der Waals surface area contributed by atoms with Gasteiger partial charge in [0, 0.05) is 24.7 Å². The van der Waals surface area contributed by atoms with Crippen molar-refractivity contribution in [2.24, 2.45) is 0 Å². The van der Waals surface area contributed by atoms with Crippen LogP contribution in [0.15, 0.2) is 24.3 Å². The summed E-state index contributed by atoms with van der Waals surface area (Å²) in [6.07, 6.45) is 0.838. The predicted octanol–water partition coefficient (Wildman–Crippen LogP) is 0.904. The van der Waals surface area contributed by atoms with Gasteiger partial charge in [0.25, 0.3) is 0 Å². The summed E-state index contributed by atoms with van der Waals surface area (Å²) in [5.41, 5.74) is 1.15. The maximum Gasteiger partial charge on any atom is 0.153 e. The first-order valence-electron chi connectivity index (χ1n) is 7.24. The van der Waals surface area contributed by atoms with Crippen molar-refractivity contribution in [3.8, 4) is 5.75 Å². The number of nitrogens with zero attached hydrogens (tertiary/aromatic N) is 1. The van der Waals surface area contributed by atoms with E-state index in [4.69, 9.17) is 4.74 Å². The van der Waals surface area contributed by atoms with Crippen molar-refractivity contribution in [3.05, 3.63) is 29.8 Å². The molecular weight excluding hydrogens is 288 g/mol. The van der Waals surface area contributed by atoms with E-state index in [2.05, 4.69) is 16.3 Å². The highest BCUT2D eigenvalue weighted by molar-refractivity contribution is 7.91. The van der Waals surface area contributed by atoms with Crippen LogP contribution >= 0.6 is 0 Å². The maximum absolute atomic E-state index is 11.6. The molecule has 1 fully saturated rings. The molecule has 1 atom stereocenters. The Morgan fingerprint density at radius 1 is 1.38 bits per heavy atom. The smallest absolute Gasteiger partial charge is 0.153 e. The Kier molecular flexibility index (Phi) is 5.61. The first-order valence-corrected chi connectivity index (χ1v) is 9.06. The van der Waals surface area contributed by atoms with Gasteiger partial charge >= 0.3 is 0 Å². The van der Waals surface area contributed by atoms with Crippen LogP contribution in [0.5, 0.6) is 5.75 Å². The molecule has 0 saturated carbocycles. The van der Waals surface area contributed by atoms with Crippen molar-refractivity contribution < 1.29 is 13.2 Å². The molecule has 1 heterocycles. The van der Waals surface area contributed by atoms with Crippen LogP contribution in [0.3, 0.4) is 0 Å². The summed E-state index contributed by atoms with van der Waals surface area (Å²) in [6, 6.07) is 8.04. The zero-order chi connectivity index (χ0) is 15.3. The van der Waals surface area contributed by atoms with Gasteiger partial charge in [-0.1, -0.05) is 18.2 Å². The molecule has 1 aromatic carbocycles. The number of ether oxygens (including phenoxy) is 1. The minimum absolute atomic E-state index is 0.0730. The summed E-state index contributed by atoms with van der Waals surface area (Å²) < 4.78 is 28.6. The summed E-state index contributed by atoms with van der Waals surface area (Å²) in [5.74, 6) is 1.42. The van der Waals surface area contributed by atoms with Crippen molar-refractivity contribution >= 4 is 9.84 Å². The number of benzene rings is 1. The van der Waals surface area contributed by atoms with Gasteiger partial charge in [0.15, 0.2) is 9.84 Å². The summed E-state index contributed by atoms with van der Waals surface area (Å²) in [6.45, 7) is 2.22. The number of nitrogens with one attached hydrogen (secondary N) is 1. The topological polar surface area (TPSA) is 58.6 Å². The number of rotatable bonds is 6. The number of hydrogen-bond donors (Lipinski definition) is 1. The standard InChI is InChI=1S/C15H24N2O3S/c1-17(11-13-5-3-4-6-15(13)20-2)9-7-14-12-21(18,19)10-8-16-14/h3-6,14,16H,7-12H2,1-2H3. The lowest BCUT2D eigenvalue weighted by Gasteiger charge is -2.26. The lowest BCUT2D eigenvalue weighted by molar-refractivity contribution is 0.297. The molecule has 1 unspecified atom stereocenters. The van der Waals surface area contributed by atoms with Crippen LogP contribution in [-0.4, -0.2) is 58.1 Å². The highest BCUT2D eigenvalue weighted by Crippen LogP contribution is 2.19. The highest BCUT2D eigenvalue weighted by Gasteiger charge is 2.24. The van der Waals surface area contributed by atoms with Gasteiger partial charge in [-0.2, -0.15) is 0 Å². The maximum atomic E-state index is 11.6. The summed E-state index contributed by atoms with van der Waals surface area (Å²) in [7, 11) is 0.871. The molecule has 0 amide bonds. The summed E-state index contributed by atoms with van der Waals surface area (Å²) in [4.78, 5) is 2.20. The van der Waals surface area contributed by atoms with Gasteiger partial charge < -0.3 is 15.0 Å². The van der Waals surface area contributed by atoms with Crippen LogP contribution in [0.2, 0.25) is 0 Å². The largest absolute Gasteiger partial charge is 0.496 e. The van der Waals surface area contributed by atoms with Crippen LogP contribution in [0.4, 0.5) is 0 Å². The molecule has 0 spiro atoms. The molecule has 1 saturated heterocycles. The molecule has 1 aliphatic rings. The third-order valence-corrected chi connectivity index (χ3v) is 5.53. The van der Waals surface area contributed by atoms with E-state index in [0.717, 1.165) is 30.8 Å². The quantitative estimate of drug-likeness (QED) is 0.846. The van der Waals surface area contributed by atoms with Gasteiger partial charge in [-0.05, 0) is 26.1 Å². The van der Waals surface area contributed by atoms with Crippen molar-refractivity contribution in [1.82, 2.24) is 10.2 Å². The van der Waals surface area contributed by atoms with E-state index in [9.17, 15) is 8.42 Å². The van der Waals surface area contributed by atoms with E-state index in [1.165, 1.54) is 0 Å². The van der Waals surface area contributed by atoms with E-state index < -0.39 is 9.84 Å². The summed E-state index contributed by atoms with van der Waals surface area (Å²) >= 11 is 0. The Labute approximate surface area is 127 Å². The molecular formula is C15H24N2O3S. The third kappa shape index (κ3) is 4.98. The summed E-state index contributed by atoms with van der Waals surface area (Å²) in [5, 5.41) is 3.29. The molecule has 1 aromatic rings. The normalized spacial score (nSPS) is 21.4. The number of methoxy groups -OCH3 is 1. The van der Waals surface area contributed by atoms with Crippen molar-refractivity contribution in [2.45, 2.75) is 19.0 Å². The number of sulfone groups is 1. The lowest BCUT2D eigenvalue weighted by Crippen LogP contribution is -2.46. The van der Waals surface area contributed by atoms with Gasteiger partial charge in [-0.25, -0.2) is 8.42 Å². The highest BCUT2D eigenvalue weighted by atomic mass is 32.2. The zero-order valence-electron chi connectivity index (χ0n) is 12.7. The Hall–Kier alpha value is -1.11. The molecule has 0 aromatic heterocycles.